The molecule has 1 amide bonds. The van der Waals surface area contributed by atoms with Gasteiger partial charge >= 0.3 is 0 Å². The maximum atomic E-state index is 13.9. The van der Waals surface area contributed by atoms with E-state index in [0.29, 0.717) is 48.8 Å². The standard InChI is InChI=1S/C26H39N3O4/c1-6-21(25(32)27-14-11-17(2)3)29-22-15-19(33-5)7-8-20(22)28-24(29)23(31)26(4)12-9-18(16-30)10-13-26/h7-8,15,17-18,21,30H,6,9-14,16H2,1-5H3,(H,27,32). The minimum Gasteiger partial charge on any atom is -0.497 e. The van der Waals surface area contributed by atoms with Gasteiger partial charge in [0.05, 0.1) is 18.1 Å². The van der Waals surface area contributed by atoms with Crippen LogP contribution in [0.4, 0.5) is 0 Å². The quantitative estimate of drug-likeness (QED) is 0.511. The minimum absolute atomic E-state index is 0.0255. The summed E-state index contributed by atoms with van der Waals surface area (Å²) in [7, 11) is 1.60. The van der Waals surface area contributed by atoms with Gasteiger partial charge in [-0.1, -0.05) is 27.7 Å². The van der Waals surface area contributed by atoms with E-state index in [4.69, 9.17) is 9.72 Å². The van der Waals surface area contributed by atoms with Gasteiger partial charge in [-0.25, -0.2) is 4.98 Å². The summed E-state index contributed by atoms with van der Waals surface area (Å²) < 4.78 is 7.25. The number of ether oxygens (including phenoxy) is 1. The summed E-state index contributed by atoms with van der Waals surface area (Å²) in [5, 5.41) is 12.6. The van der Waals surface area contributed by atoms with Crippen LogP contribution in [-0.4, -0.2) is 46.6 Å². The van der Waals surface area contributed by atoms with Crippen LogP contribution >= 0.6 is 0 Å². The molecule has 7 heteroatoms. The van der Waals surface area contributed by atoms with Gasteiger partial charge in [0.15, 0.2) is 5.82 Å². The molecule has 0 bridgehead atoms. The number of nitrogens with zero attached hydrogens (tertiary/aromatic N) is 2. The second-order valence-electron chi connectivity index (χ2n) is 10.1. The number of imidazole rings is 1. The Hall–Kier alpha value is -2.41. The maximum Gasteiger partial charge on any atom is 0.243 e. The number of aliphatic hydroxyl groups is 1. The first-order valence-corrected chi connectivity index (χ1v) is 12.2. The van der Waals surface area contributed by atoms with E-state index in [-0.39, 0.29) is 24.2 Å². The summed E-state index contributed by atoms with van der Waals surface area (Å²) in [4.78, 5) is 31.9. The topological polar surface area (TPSA) is 93.5 Å². The molecule has 1 aromatic heterocycles. The van der Waals surface area contributed by atoms with Crippen molar-refractivity contribution in [1.82, 2.24) is 14.9 Å². The van der Waals surface area contributed by atoms with E-state index < -0.39 is 11.5 Å². The second kappa shape index (κ2) is 10.7. The number of amides is 1. The van der Waals surface area contributed by atoms with Crippen molar-refractivity contribution in [2.24, 2.45) is 17.3 Å². The number of benzene rings is 1. The highest BCUT2D eigenvalue weighted by atomic mass is 16.5. The van der Waals surface area contributed by atoms with E-state index in [9.17, 15) is 14.7 Å². The molecule has 1 atom stereocenters. The number of aromatic nitrogens is 2. The van der Waals surface area contributed by atoms with Gasteiger partial charge in [-0.15, -0.1) is 0 Å². The lowest BCUT2D eigenvalue weighted by atomic mass is 9.69. The molecule has 1 heterocycles. The number of hydrogen-bond acceptors (Lipinski definition) is 5. The molecule has 1 aliphatic rings. The van der Waals surface area contributed by atoms with Crippen molar-refractivity contribution in [3.05, 3.63) is 24.0 Å². The van der Waals surface area contributed by atoms with E-state index in [2.05, 4.69) is 19.2 Å². The highest BCUT2D eigenvalue weighted by molar-refractivity contribution is 6.01. The summed E-state index contributed by atoms with van der Waals surface area (Å²) in [5.74, 6) is 1.63. The number of aliphatic hydroxyl groups excluding tert-OH is 1. The van der Waals surface area contributed by atoms with Crippen molar-refractivity contribution in [2.75, 3.05) is 20.3 Å². The van der Waals surface area contributed by atoms with Crippen LogP contribution in [0, 0.1) is 17.3 Å². The van der Waals surface area contributed by atoms with Crippen LogP contribution < -0.4 is 10.1 Å². The monoisotopic (exact) mass is 457 g/mol. The predicted octanol–water partition coefficient (Wildman–Crippen LogP) is 4.53. The number of hydrogen-bond donors (Lipinski definition) is 2. The van der Waals surface area contributed by atoms with Gasteiger partial charge in [0.1, 0.15) is 11.8 Å². The Morgan fingerprint density at radius 1 is 1.30 bits per heavy atom. The van der Waals surface area contributed by atoms with E-state index in [1.807, 2.05) is 36.6 Å². The zero-order valence-corrected chi connectivity index (χ0v) is 20.7. The Balaban J connectivity index is 2.03. The molecule has 33 heavy (non-hydrogen) atoms. The van der Waals surface area contributed by atoms with E-state index in [0.717, 1.165) is 24.8 Å². The van der Waals surface area contributed by atoms with E-state index in [1.54, 1.807) is 7.11 Å². The summed E-state index contributed by atoms with van der Waals surface area (Å²) in [5.41, 5.74) is 0.859. The molecule has 7 nitrogen and oxygen atoms in total. The highest BCUT2D eigenvalue weighted by Crippen LogP contribution is 2.42. The van der Waals surface area contributed by atoms with Gasteiger partial charge in [0, 0.05) is 24.6 Å². The summed E-state index contributed by atoms with van der Waals surface area (Å²) >= 11 is 0. The zero-order chi connectivity index (χ0) is 24.2. The van der Waals surface area contributed by atoms with Crippen molar-refractivity contribution < 1.29 is 19.4 Å². The molecule has 0 radical (unpaired) electrons. The predicted molar refractivity (Wildman–Crippen MR) is 130 cm³/mol. The number of carbonyl (C=O) groups excluding carboxylic acids is 2. The minimum atomic E-state index is -0.554. The Kier molecular flexibility index (Phi) is 8.16. The molecule has 1 saturated carbocycles. The number of ketones is 1. The maximum absolute atomic E-state index is 13.9. The number of Topliss-reactive ketones (excluding diaryl/α,β-unsaturated/α-hetero) is 1. The van der Waals surface area contributed by atoms with Gasteiger partial charge in [-0.2, -0.15) is 0 Å². The van der Waals surface area contributed by atoms with Crippen LogP contribution in [0.1, 0.15) is 82.9 Å². The molecule has 1 aliphatic carbocycles. The van der Waals surface area contributed by atoms with Crippen molar-refractivity contribution in [3.63, 3.8) is 0 Å². The third-order valence-electron chi connectivity index (χ3n) is 7.14. The normalized spacial score (nSPS) is 21.8. The zero-order valence-electron chi connectivity index (χ0n) is 20.7. The van der Waals surface area contributed by atoms with Crippen molar-refractivity contribution in [3.8, 4) is 5.75 Å². The van der Waals surface area contributed by atoms with Crippen LogP contribution in [0.2, 0.25) is 0 Å². The van der Waals surface area contributed by atoms with Gasteiger partial charge in [-0.3, -0.25) is 9.59 Å². The summed E-state index contributed by atoms with van der Waals surface area (Å²) in [6.07, 6.45) is 4.50. The molecular weight excluding hydrogens is 418 g/mol. The van der Waals surface area contributed by atoms with Gasteiger partial charge in [0.25, 0.3) is 0 Å². The molecule has 3 rings (SSSR count). The lowest BCUT2D eigenvalue weighted by Gasteiger charge is -2.35. The number of carbonyl (C=O) groups is 2. The molecule has 1 aromatic carbocycles. The van der Waals surface area contributed by atoms with Crippen LogP contribution in [0.15, 0.2) is 18.2 Å². The largest absolute Gasteiger partial charge is 0.497 e. The molecule has 0 saturated heterocycles. The Bertz CT molecular complexity index is 973. The molecule has 0 aliphatic heterocycles. The molecule has 1 unspecified atom stereocenters. The fourth-order valence-corrected chi connectivity index (χ4v) is 4.76. The van der Waals surface area contributed by atoms with Gasteiger partial charge in [0.2, 0.25) is 11.7 Å². The lowest BCUT2D eigenvalue weighted by Crippen LogP contribution is -2.38. The first-order valence-electron chi connectivity index (χ1n) is 12.2. The van der Waals surface area contributed by atoms with Crippen LogP contribution in [0.5, 0.6) is 5.75 Å². The van der Waals surface area contributed by atoms with Crippen molar-refractivity contribution in [2.45, 2.75) is 72.3 Å². The number of nitrogens with one attached hydrogen (secondary N) is 1. The average molecular weight is 458 g/mol. The molecule has 0 spiro atoms. The van der Waals surface area contributed by atoms with Crippen LogP contribution in [-0.2, 0) is 4.79 Å². The molecule has 2 N–H and O–H groups in total. The van der Waals surface area contributed by atoms with Gasteiger partial charge < -0.3 is 19.7 Å². The third-order valence-corrected chi connectivity index (χ3v) is 7.14. The van der Waals surface area contributed by atoms with Crippen molar-refractivity contribution >= 4 is 22.7 Å². The SMILES string of the molecule is CCC(C(=O)NCCC(C)C)n1c(C(=O)C2(C)CCC(CO)CC2)nc2ccc(OC)cc21. The lowest BCUT2D eigenvalue weighted by molar-refractivity contribution is -0.124. The van der Waals surface area contributed by atoms with Crippen LogP contribution in [0.3, 0.4) is 0 Å². The van der Waals surface area contributed by atoms with E-state index in [1.165, 1.54) is 0 Å². The first kappa shape index (κ1) is 25.2. The fraction of sp³-hybridized carbons (Fsp3) is 0.654. The molecule has 1 fully saturated rings. The Morgan fingerprint density at radius 2 is 2.00 bits per heavy atom. The number of rotatable bonds is 10. The van der Waals surface area contributed by atoms with Crippen molar-refractivity contribution in [1.29, 1.82) is 0 Å². The van der Waals surface area contributed by atoms with E-state index >= 15 is 0 Å². The summed E-state index contributed by atoms with van der Waals surface area (Å²) in [6.45, 7) is 8.98. The summed E-state index contributed by atoms with van der Waals surface area (Å²) in [6, 6.07) is 4.99. The second-order valence-corrected chi connectivity index (χ2v) is 10.1. The highest BCUT2D eigenvalue weighted by Gasteiger charge is 2.41. The first-order chi connectivity index (χ1) is 15.7. The molecular formula is C26H39N3O4. The number of fused-ring (bicyclic) bond motifs is 1. The van der Waals surface area contributed by atoms with Gasteiger partial charge in [-0.05, 0) is 62.5 Å². The van der Waals surface area contributed by atoms with Crippen LogP contribution in [0.25, 0.3) is 11.0 Å². The molecule has 2 aromatic rings. The average Bonchev–Trinajstić information content (AvgIpc) is 3.17. The Morgan fingerprint density at radius 3 is 2.58 bits per heavy atom. The fourth-order valence-electron chi connectivity index (χ4n) is 4.76. The number of methoxy groups -OCH3 is 1. The smallest absolute Gasteiger partial charge is 0.243 e. The molecule has 182 valence electrons. The third kappa shape index (κ3) is 5.40. The Labute approximate surface area is 196 Å².